The van der Waals surface area contributed by atoms with Gasteiger partial charge in [0, 0.05) is 19.6 Å². The van der Waals surface area contributed by atoms with Gasteiger partial charge in [-0.05, 0) is 125 Å². The first-order chi connectivity index (χ1) is 23.2. The van der Waals surface area contributed by atoms with Crippen LogP contribution in [0.5, 0.6) is 17.2 Å². The molecule has 1 saturated heterocycles. The van der Waals surface area contributed by atoms with E-state index in [-0.39, 0.29) is 53.1 Å². The second-order valence-electron chi connectivity index (χ2n) is 17.9. The van der Waals surface area contributed by atoms with Crippen LogP contribution in [0.2, 0.25) is 0 Å². The van der Waals surface area contributed by atoms with Gasteiger partial charge in [-0.15, -0.1) is 0 Å². The van der Waals surface area contributed by atoms with Crippen LogP contribution in [-0.4, -0.2) is 64.4 Å². The normalized spacial score (nSPS) is 20.0. The zero-order chi connectivity index (χ0) is 38.9. The molecule has 6 N–H and O–H groups in total. The van der Waals surface area contributed by atoms with Crippen molar-refractivity contribution >= 4 is 0 Å². The minimum absolute atomic E-state index is 0.0655. The van der Waals surface area contributed by atoms with Crippen LogP contribution in [0.25, 0.3) is 0 Å². The maximum Gasteiger partial charge on any atom is 0.172 e. The second kappa shape index (κ2) is 14.0. The Bertz CT molecular complexity index is 1580. The van der Waals surface area contributed by atoms with Crippen molar-refractivity contribution in [1.82, 2.24) is 14.7 Å². The van der Waals surface area contributed by atoms with Crippen molar-refractivity contribution in [2.45, 2.75) is 159 Å². The Labute approximate surface area is 305 Å². The molecule has 0 amide bonds. The molecule has 0 atom stereocenters. The molecule has 1 aliphatic heterocycles. The maximum atomic E-state index is 12.1. The first-order valence-corrected chi connectivity index (χ1v) is 18.0. The molecule has 3 aromatic rings. The minimum atomic E-state index is -1.45. The van der Waals surface area contributed by atoms with Gasteiger partial charge in [0.1, 0.15) is 17.2 Å². The van der Waals surface area contributed by atoms with Crippen molar-refractivity contribution in [3.63, 3.8) is 0 Å². The van der Waals surface area contributed by atoms with E-state index < -0.39 is 19.1 Å². The number of phenolic OH excluding ortho intramolecular Hbond substituents is 3. The maximum absolute atomic E-state index is 12.1. The highest BCUT2D eigenvalue weighted by Crippen LogP contribution is 2.42. The molecule has 9 nitrogen and oxygen atoms in total. The molecule has 0 unspecified atom stereocenters. The molecule has 1 fully saturated rings. The summed E-state index contributed by atoms with van der Waals surface area (Å²) in [7, 11) is 0. The van der Waals surface area contributed by atoms with Crippen molar-refractivity contribution < 1.29 is 30.6 Å². The summed E-state index contributed by atoms with van der Waals surface area (Å²) < 4.78 is 0. The molecular weight excluding hydrogens is 642 g/mol. The molecule has 51 heavy (non-hydrogen) atoms. The number of aliphatic hydroxyl groups is 3. The highest BCUT2D eigenvalue weighted by atomic mass is 16.4. The van der Waals surface area contributed by atoms with E-state index in [1.165, 1.54) is 14.7 Å². The average molecular weight is 706 g/mol. The average Bonchev–Trinajstić information content (AvgIpc) is 2.99. The van der Waals surface area contributed by atoms with Crippen molar-refractivity contribution in [3.05, 3.63) is 85.0 Å². The van der Waals surface area contributed by atoms with Crippen molar-refractivity contribution in [2.24, 2.45) is 0 Å². The SMILES string of the molecule is Cc1cc(C(C)(C)C)c(O)c(C)c1CN1C(O)N(Cc2c(C)cc(C(C)(C)C)c(O)c2C)C(O)N(Cc2c(C)cc(C(C)(C)C)c(O)c2C)C1O. The van der Waals surface area contributed by atoms with Crippen LogP contribution in [0, 0.1) is 41.5 Å². The van der Waals surface area contributed by atoms with E-state index in [2.05, 4.69) is 0 Å². The first kappa shape index (κ1) is 40.6. The fourth-order valence-corrected chi connectivity index (χ4v) is 7.45. The van der Waals surface area contributed by atoms with Crippen LogP contribution >= 0.6 is 0 Å². The molecule has 3 aromatic carbocycles. The van der Waals surface area contributed by atoms with Gasteiger partial charge < -0.3 is 30.6 Å². The quantitative estimate of drug-likeness (QED) is 0.158. The summed E-state index contributed by atoms with van der Waals surface area (Å²) in [6, 6.07) is 5.88. The van der Waals surface area contributed by atoms with E-state index >= 15 is 0 Å². The Morgan fingerprint density at radius 1 is 0.431 bits per heavy atom. The van der Waals surface area contributed by atoms with E-state index in [9.17, 15) is 30.6 Å². The number of hydrogen-bond acceptors (Lipinski definition) is 9. The first-order valence-electron chi connectivity index (χ1n) is 18.0. The molecule has 4 rings (SSSR count). The second-order valence-corrected chi connectivity index (χ2v) is 17.9. The summed E-state index contributed by atoms with van der Waals surface area (Å²) in [5, 5.41) is 70.1. The molecule has 0 radical (unpaired) electrons. The Hall–Kier alpha value is -3.18. The third-order valence-corrected chi connectivity index (χ3v) is 10.9. The predicted octanol–water partition coefficient (Wildman–Crippen LogP) is 7.19. The predicted molar refractivity (Wildman–Crippen MR) is 203 cm³/mol. The summed E-state index contributed by atoms with van der Waals surface area (Å²) >= 11 is 0. The largest absolute Gasteiger partial charge is 0.507 e. The van der Waals surface area contributed by atoms with Gasteiger partial charge in [-0.2, -0.15) is 0 Å². The summed E-state index contributed by atoms with van der Waals surface area (Å²) in [6.07, 6.45) is -4.34. The summed E-state index contributed by atoms with van der Waals surface area (Å²) in [5.41, 5.74) is 8.52. The minimum Gasteiger partial charge on any atom is -0.507 e. The number of aryl methyl sites for hydroxylation is 3. The van der Waals surface area contributed by atoms with E-state index in [0.717, 1.165) is 50.1 Å². The lowest BCUT2D eigenvalue weighted by Gasteiger charge is -2.52. The molecule has 282 valence electrons. The van der Waals surface area contributed by atoms with E-state index in [0.29, 0.717) is 16.7 Å². The standard InChI is InChI=1S/C42H63N3O6/c1-22-16-31(40(7,8)9)34(46)25(4)28(22)19-43-37(49)44(20-29-23(2)17-32(41(10,11)12)35(47)26(29)5)39(51)45(38(43)50)21-30-24(3)18-33(42(13,14)15)36(48)27(30)6/h16-18,37-39,46-51H,19-21H2,1-15H3. The lowest BCUT2D eigenvalue weighted by atomic mass is 9.82. The fraction of sp³-hybridized carbons (Fsp3) is 0.571. The molecular formula is C42H63N3O6. The van der Waals surface area contributed by atoms with Crippen LogP contribution in [0.15, 0.2) is 18.2 Å². The van der Waals surface area contributed by atoms with Gasteiger partial charge in [0.05, 0.1) is 0 Å². The number of benzene rings is 3. The zero-order valence-corrected chi connectivity index (χ0v) is 33.6. The van der Waals surface area contributed by atoms with Gasteiger partial charge in [0.2, 0.25) is 0 Å². The number of phenols is 3. The van der Waals surface area contributed by atoms with Crippen LogP contribution < -0.4 is 0 Å². The zero-order valence-electron chi connectivity index (χ0n) is 33.6. The van der Waals surface area contributed by atoms with Crippen LogP contribution in [0.1, 0.15) is 129 Å². The lowest BCUT2D eigenvalue weighted by Crippen LogP contribution is -2.70. The van der Waals surface area contributed by atoms with Gasteiger partial charge >= 0.3 is 0 Å². The molecule has 0 aromatic heterocycles. The highest BCUT2D eigenvalue weighted by Gasteiger charge is 2.46. The Morgan fingerprint density at radius 2 is 0.627 bits per heavy atom. The molecule has 1 heterocycles. The molecule has 0 aliphatic carbocycles. The van der Waals surface area contributed by atoms with Gasteiger partial charge in [-0.1, -0.05) is 80.5 Å². The summed E-state index contributed by atoms with van der Waals surface area (Å²) in [4.78, 5) is 4.50. The lowest BCUT2D eigenvalue weighted by molar-refractivity contribution is -0.348. The van der Waals surface area contributed by atoms with Gasteiger partial charge in [0.25, 0.3) is 0 Å². The monoisotopic (exact) mass is 705 g/mol. The topological polar surface area (TPSA) is 131 Å². The molecule has 0 bridgehead atoms. The van der Waals surface area contributed by atoms with Gasteiger partial charge in [-0.25, -0.2) is 14.7 Å². The third kappa shape index (κ3) is 7.66. The van der Waals surface area contributed by atoms with E-state index in [4.69, 9.17) is 0 Å². The molecule has 0 spiro atoms. The smallest absolute Gasteiger partial charge is 0.172 e. The third-order valence-electron chi connectivity index (χ3n) is 10.9. The fourth-order valence-electron chi connectivity index (χ4n) is 7.45. The van der Waals surface area contributed by atoms with Gasteiger partial charge in [0.15, 0.2) is 19.1 Å². The summed E-state index contributed by atoms with van der Waals surface area (Å²) in [6.45, 7) is 30.0. The molecule has 9 heteroatoms. The number of hydrogen-bond donors (Lipinski definition) is 6. The van der Waals surface area contributed by atoms with Crippen LogP contribution in [-0.2, 0) is 35.9 Å². The Balaban J connectivity index is 1.87. The van der Waals surface area contributed by atoms with E-state index in [1.807, 2.05) is 122 Å². The van der Waals surface area contributed by atoms with E-state index in [1.54, 1.807) is 0 Å². The summed E-state index contributed by atoms with van der Waals surface area (Å²) in [5.74, 6) is 0.539. The van der Waals surface area contributed by atoms with Crippen molar-refractivity contribution in [1.29, 1.82) is 0 Å². The number of nitrogens with zero attached hydrogens (tertiary/aromatic N) is 3. The Kier molecular flexibility index (Phi) is 11.1. The number of aromatic hydroxyl groups is 3. The number of aliphatic hydroxyl groups excluding tert-OH is 3. The van der Waals surface area contributed by atoms with Gasteiger partial charge in [-0.3, -0.25) is 0 Å². The molecule has 1 aliphatic rings. The molecule has 0 saturated carbocycles. The Morgan fingerprint density at radius 3 is 0.804 bits per heavy atom. The van der Waals surface area contributed by atoms with Crippen molar-refractivity contribution in [3.8, 4) is 17.2 Å². The van der Waals surface area contributed by atoms with Crippen molar-refractivity contribution in [2.75, 3.05) is 0 Å². The highest BCUT2D eigenvalue weighted by molar-refractivity contribution is 5.53. The van der Waals surface area contributed by atoms with Crippen LogP contribution in [0.4, 0.5) is 0 Å². The number of rotatable bonds is 6. The van der Waals surface area contributed by atoms with Crippen LogP contribution in [0.3, 0.4) is 0 Å².